The number of aromatic hydroxyl groups is 1. The Labute approximate surface area is 67.1 Å². The molecular weight excluding hydrogens is 140 g/mol. The number of hydrogen-bond acceptors (Lipinski definition) is 3. The fourth-order valence-corrected chi connectivity index (χ4v) is 0.620. The molecule has 0 spiro atoms. The first-order valence-electron chi connectivity index (χ1n) is 3.82. The lowest BCUT2D eigenvalue weighted by Crippen LogP contribution is -1.86. The van der Waals surface area contributed by atoms with Crippen LogP contribution in [0.2, 0.25) is 0 Å². The van der Waals surface area contributed by atoms with E-state index in [1.165, 1.54) is 12.5 Å². The Morgan fingerprint density at radius 1 is 1.45 bits per heavy atom. The van der Waals surface area contributed by atoms with Gasteiger partial charge in [-0.05, 0) is 6.42 Å². The van der Waals surface area contributed by atoms with Gasteiger partial charge in [0.05, 0.1) is 11.9 Å². The highest BCUT2D eigenvalue weighted by Gasteiger charge is 1.95. The van der Waals surface area contributed by atoms with Gasteiger partial charge < -0.3 is 5.11 Å². The van der Waals surface area contributed by atoms with Crippen LogP contribution in [0.15, 0.2) is 12.5 Å². The van der Waals surface area contributed by atoms with Gasteiger partial charge in [-0.1, -0.05) is 20.8 Å². The predicted octanol–water partition coefficient (Wildman–Crippen LogP) is 1.77. The number of nitrogens with zero attached hydrogens (tertiary/aromatic N) is 2. The molecule has 0 aromatic carbocycles. The van der Waals surface area contributed by atoms with Crippen molar-refractivity contribution in [3.05, 3.63) is 18.2 Å². The lowest BCUT2D eigenvalue weighted by atomic mass is 10.3. The van der Waals surface area contributed by atoms with Gasteiger partial charge in [0.15, 0.2) is 5.75 Å². The van der Waals surface area contributed by atoms with Crippen molar-refractivity contribution in [2.45, 2.75) is 27.2 Å². The molecule has 0 aliphatic rings. The molecule has 1 heterocycles. The van der Waals surface area contributed by atoms with Crippen LogP contribution in [0.25, 0.3) is 0 Å². The molecule has 3 heteroatoms. The second-order valence-corrected chi connectivity index (χ2v) is 1.71. The summed E-state index contributed by atoms with van der Waals surface area (Å²) in [5.41, 5.74) is 0.699. The van der Waals surface area contributed by atoms with E-state index in [1.54, 1.807) is 0 Å². The molecule has 11 heavy (non-hydrogen) atoms. The Hall–Kier alpha value is -1.12. The van der Waals surface area contributed by atoms with Crippen LogP contribution in [0.5, 0.6) is 5.75 Å². The molecule has 1 aromatic rings. The molecule has 1 aromatic heterocycles. The van der Waals surface area contributed by atoms with E-state index in [-0.39, 0.29) is 5.75 Å². The molecule has 0 aliphatic heterocycles. The average Bonchev–Trinajstić information content (AvgIpc) is 2.09. The van der Waals surface area contributed by atoms with Crippen molar-refractivity contribution >= 4 is 0 Å². The third-order valence-electron chi connectivity index (χ3n) is 1.11. The molecule has 0 amide bonds. The van der Waals surface area contributed by atoms with Gasteiger partial charge in [0.2, 0.25) is 0 Å². The SMILES string of the molecule is CC.CCc1ncncc1O. The van der Waals surface area contributed by atoms with Crippen molar-refractivity contribution in [1.29, 1.82) is 0 Å². The van der Waals surface area contributed by atoms with Crippen molar-refractivity contribution in [2.75, 3.05) is 0 Å². The Morgan fingerprint density at radius 3 is 2.45 bits per heavy atom. The summed E-state index contributed by atoms with van der Waals surface area (Å²) in [5.74, 6) is 0.181. The van der Waals surface area contributed by atoms with Crippen LogP contribution in [0.4, 0.5) is 0 Å². The van der Waals surface area contributed by atoms with Crippen LogP contribution in [0, 0.1) is 0 Å². The molecule has 0 saturated heterocycles. The molecule has 0 fully saturated rings. The maximum Gasteiger partial charge on any atom is 0.155 e. The van der Waals surface area contributed by atoms with Crippen molar-refractivity contribution < 1.29 is 5.11 Å². The van der Waals surface area contributed by atoms with Crippen molar-refractivity contribution in [1.82, 2.24) is 9.97 Å². The van der Waals surface area contributed by atoms with E-state index in [2.05, 4.69) is 9.97 Å². The van der Waals surface area contributed by atoms with Crippen molar-refractivity contribution in [2.24, 2.45) is 0 Å². The number of aryl methyl sites for hydroxylation is 1. The molecule has 0 atom stereocenters. The molecular formula is C8H14N2O. The van der Waals surface area contributed by atoms with Gasteiger partial charge in [0.25, 0.3) is 0 Å². The highest BCUT2D eigenvalue weighted by atomic mass is 16.3. The van der Waals surface area contributed by atoms with Gasteiger partial charge in [-0.2, -0.15) is 0 Å². The molecule has 0 bridgehead atoms. The standard InChI is InChI=1S/C6H8N2O.C2H6/c1-2-5-6(9)3-7-4-8-5;1-2/h3-4,9H,2H2,1H3;1-2H3. The highest BCUT2D eigenvalue weighted by Crippen LogP contribution is 2.09. The van der Waals surface area contributed by atoms with Crippen molar-refractivity contribution in [3.63, 3.8) is 0 Å². The zero-order chi connectivity index (χ0) is 8.69. The summed E-state index contributed by atoms with van der Waals surface area (Å²) in [6.45, 7) is 5.93. The van der Waals surface area contributed by atoms with Crippen molar-refractivity contribution in [3.8, 4) is 5.75 Å². The number of rotatable bonds is 1. The highest BCUT2D eigenvalue weighted by molar-refractivity contribution is 5.20. The fraction of sp³-hybridized carbons (Fsp3) is 0.500. The quantitative estimate of drug-likeness (QED) is 0.670. The zero-order valence-corrected chi connectivity index (χ0v) is 7.20. The third-order valence-corrected chi connectivity index (χ3v) is 1.11. The first-order valence-corrected chi connectivity index (χ1v) is 3.82. The monoisotopic (exact) mass is 154 g/mol. The van der Waals surface area contributed by atoms with E-state index in [4.69, 9.17) is 5.11 Å². The smallest absolute Gasteiger partial charge is 0.155 e. The first kappa shape index (κ1) is 9.88. The second kappa shape index (κ2) is 5.65. The van der Waals surface area contributed by atoms with Gasteiger partial charge in [0, 0.05) is 0 Å². The minimum atomic E-state index is 0.181. The zero-order valence-electron chi connectivity index (χ0n) is 7.20. The maximum atomic E-state index is 8.99. The van der Waals surface area contributed by atoms with Crippen LogP contribution < -0.4 is 0 Å². The summed E-state index contributed by atoms with van der Waals surface area (Å²) in [7, 11) is 0. The van der Waals surface area contributed by atoms with Gasteiger partial charge >= 0.3 is 0 Å². The van der Waals surface area contributed by atoms with E-state index in [0.29, 0.717) is 5.69 Å². The molecule has 1 N–H and O–H groups in total. The normalized spacial score (nSPS) is 8.27. The summed E-state index contributed by atoms with van der Waals surface area (Å²) in [6, 6.07) is 0. The maximum absolute atomic E-state index is 8.99. The minimum absolute atomic E-state index is 0.181. The Morgan fingerprint density at radius 2 is 2.09 bits per heavy atom. The average molecular weight is 154 g/mol. The molecule has 0 saturated carbocycles. The predicted molar refractivity (Wildman–Crippen MR) is 44.4 cm³/mol. The summed E-state index contributed by atoms with van der Waals surface area (Å²) < 4.78 is 0. The van der Waals surface area contributed by atoms with Gasteiger partial charge in [-0.3, -0.25) is 0 Å². The molecule has 62 valence electrons. The Bertz CT molecular complexity index is 201. The first-order chi connectivity index (χ1) is 5.34. The summed E-state index contributed by atoms with van der Waals surface area (Å²) in [6.07, 6.45) is 3.57. The third kappa shape index (κ3) is 2.98. The van der Waals surface area contributed by atoms with E-state index < -0.39 is 0 Å². The minimum Gasteiger partial charge on any atom is -0.504 e. The van der Waals surface area contributed by atoms with Crippen LogP contribution in [-0.4, -0.2) is 15.1 Å². The topological polar surface area (TPSA) is 46.0 Å². The van der Waals surface area contributed by atoms with E-state index >= 15 is 0 Å². The lowest BCUT2D eigenvalue weighted by Gasteiger charge is -1.95. The largest absolute Gasteiger partial charge is 0.504 e. The Balaban J connectivity index is 0.000000461. The summed E-state index contributed by atoms with van der Waals surface area (Å²) >= 11 is 0. The molecule has 0 aliphatic carbocycles. The molecule has 0 unspecified atom stereocenters. The van der Waals surface area contributed by atoms with Gasteiger partial charge in [-0.15, -0.1) is 0 Å². The molecule has 3 nitrogen and oxygen atoms in total. The summed E-state index contributed by atoms with van der Waals surface area (Å²) in [4.78, 5) is 7.47. The lowest BCUT2D eigenvalue weighted by molar-refractivity contribution is 0.461. The fourth-order valence-electron chi connectivity index (χ4n) is 0.620. The van der Waals surface area contributed by atoms with E-state index in [0.717, 1.165) is 6.42 Å². The van der Waals surface area contributed by atoms with Gasteiger partial charge in [0.1, 0.15) is 6.33 Å². The summed E-state index contributed by atoms with van der Waals surface area (Å²) in [5, 5.41) is 8.99. The van der Waals surface area contributed by atoms with E-state index in [1.807, 2.05) is 20.8 Å². The van der Waals surface area contributed by atoms with Crippen LogP contribution >= 0.6 is 0 Å². The van der Waals surface area contributed by atoms with Crippen LogP contribution in [0.1, 0.15) is 26.5 Å². The van der Waals surface area contributed by atoms with Crippen LogP contribution in [0.3, 0.4) is 0 Å². The molecule has 1 rings (SSSR count). The van der Waals surface area contributed by atoms with E-state index in [9.17, 15) is 0 Å². The second-order valence-electron chi connectivity index (χ2n) is 1.71. The number of hydrogen-bond donors (Lipinski definition) is 1. The number of aromatic nitrogens is 2. The van der Waals surface area contributed by atoms with Crippen LogP contribution in [-0.2, 0) is 6.42 Å². The van der Waals surface area contributed by atoms with Gasteiger partial charge in [-0.25, -0.2) is 9.97 Å². The Kier molecular flexibility index (Phi) is 5.07. The molecule has 0 radical (unpaired) electrons.